The van der Waals surface area contributed by atoms with Crippen LogP contribution in [0.3, 0.4) is 0 Å². The molecule has 2 aromatic carbocycles. The summed E-state index contributed by atoms with van der Waals surface area (Å²) < 4.78 is 0. The van der Waals surface area contributed by atoms with Crippen LogP contribution in [0.25, 0.3) is 10.9 Å². The SMILES string of the molecule is Cc1ccccc1C(N)c1ccc2cccnc2c1O. The maximum atomic E-state index is 10.4. The van der Waals surface area contributed by atoms with Gasteiger partial charge in [0.25, 0.3) is 0 Å². The average molecular weight is 264 g/mol. The van der Waals surface area contributed by atoms with Crippen LogP contribution in [0.5, 0.6) is 5.75 Å². The Morgan fingerprint density at radius 1 is 1.00 bits per heavy atom. The van der Waals surface area contributed by atoms with Crippen LogP contribution in [0.4, 0.5) is 0 Å². The smallest absolute Gasteiger partial charge is 0.146 e. The van der Waals surface area contributed by atoms with Gasteiger partial charge in [0, 0.05) is 17.1 Å². The van der Waals surface area contributed by atoms with Crippen LogP contribution in [0.15, 0.2) is 54.7 Å². The molecule has 0 saturated heterocycles. The van der Waals surface area contributed by atoms with Crippen LogP contribution in [-0.2, 0) is 0 Å². The lowest BCUT2D eigenvalue weighted by Crippen LogP contribution is -2.13. The van der Waals surface area contributed by atoms with Gasteiger partial charge in [-0.2, -0.15) is 0 Å². The van der Waals surface area contributed by atoms with Gasteiger partial charge in [-0.05, 0) is 24.1 Å². The summed E-state index contributed by atoms with van der Waals surface area (Å²) >= 11 is 0. The van der Waals surface area contributed by atoms with Crippen molar-refractivity contribution in [2.24, 2.45) is 5.73 Å². The van der Waals surface area contributed by atoms with Crippen molar-refractivity contribution in [3.63, 3.8) is 0 Å². The molecule has 3 rings (SSSR count). The van der Waals surface area contributed by atoms with Crippen molar-refractivity contribution in [3.05, 3.63) is 71.4 Å². The zero-order chi connectivity index (χ0) is 14.1. The van der Waals surface area contributed by atoms with Gasteiger partial charge in [-0.15, -0.1) is 0 Å². The second-order valence-corrected chi connectivity index (χ2v) is 4.91. The second kappa shape index (κ2) is 4.94. The van der Waals surface area contributed by atoms with E-state index in [0.717, 1.165) is 16.5 Å². The number of nitrogens with two attached hydrogens (primary N) is 1. The normalized spacial score (nSPS) is 12.5. The van der Waals surface area contributed by atoms with Gasteiger partial charge >= 0.3 is 0 Å². The highest BCUT2D eigenvalue weighted by molar-refractivity contribution is 5.85. The molecular formula is C17H16N2O. The minimum absolute atomic E-state index is 0.166. The molecule has 0 aliphatic carbocycles. The lowest BCUT2D eigenvalue weighted by atomic mass is 9.94. The summed E-state index contributed by atoms with van der Waals surface area (Å²) in [5.41, 5.74) is 9.74. The first-order chi connectivity index (χ1) is 9.68. The van der Waals surface area contributed by atoms with Gasteiger partial charge in [0.1, 0.15) is 11.3 Å². The highest BCUT2D eigenvalue weighted by Crippen LogP contribution is 2.33. The molecule has 100 valence electrons. The van der Waals surface area contributed by atoms with Gasteiger partial charge in [-0.1, -0.05) is 42.5 Å². The zero-order valence-electron chi connectivity index (χ0n) is 11.2. The lowest BCUT2D eigenvalue weighted by Gasteiger charge is -2.17. The Morgan fingerprint density at radius 2 is 1.80 bits per heavy atom. The van der Waals surface area contributed by atoms with Crippen LogP contribution >= 0.6 is 0 Å². The van der Waals surface area contributed by atoms with Crippen molar-refractivity contribution in [3.8, 4) is 5.75 Å². The predicted molar refractivity (Wildman–Crippen MR) is 80.6 cm³/mol. The van der Waals surface area contributed by atoms with Crippen LogP contribution in [-0.4, -0.2) is 10.1 Å². The minimum Gasteiger partial charge on any atom is -0.505 e. The highest BCUT2D eigenvalue weighted by Gasteiger charge is 2.17. The highest BCUT2D eigenvalue weighted by atomic mass is 16.3. The van der Waals surface area contributed by atoms with Crippen LogP contribution in [0.2, 0.25) is 0 Å². The number of pyridine rings is 1. The Labute approximate surface area is 117 Å². The number of fused-ring (bicyclic) bond motifs is 1. The van der Waals surface area contributed by atoms with E-state index in [1.165, 1.54) is 0 Å². The van der Waals surface area contributed by atoms with Gasteiger partial charge in [0.2, 0.25) is 0 Å². The fourth-order valence-electron chi connectivity index (χ4n) is 2.50. The molecule has 3 nitrogen and oxygen atoms in total. The molecular weight excluding hydrogens is 248 g/mol. The van der Waals surface area contributed by atoms with E-state index in [4.69, 9.17) is 5.73 Å². The molecule has 0 aliphatic rings. The molecule has 0 saturated carbocycles. The van der Waals surface area contributed by atoms with Gasteiger partial charge in [-0.25, -0.2) is 0 Å². The summed E-state index contributed by atoms with van der Waals surface area (Å²) in [6, 6.07) is 15.2. The molecule has 3 heteroatoms. The zero-order valence-corrected chi connectivity index (χ0v) is 11.2. The Bertz CT molecular complexity index is 768. The van der Waals surface area contributed by atoms with Crippen LogP contribution in [0, 0.1) is 6.92 Å². The third kappa shape index (κ3) is 2.02. The van der Waals surface area contributed by atoms with E-state index in [-0.39, 0.29) is 11.8 Å². The summed E-state index contributed by atoms with van der Waals surface area (Å²) in [5, 5.41) is 11.3. The second-order valence-electron chi connectivity index (χ2n) is 4.91. The minimum atomic E-state index is -0.359. The Kier molecular flexibility index (Phi) is 3.12. The van der Waals surface area contributed by atoms with Crippen molar-refractivity contribution in [1.29, 1.82) is 0 Å². The fraction of sp³-hybridized carbons (Fsp3) is 0.118. The van der Waals surface area contributed by atoms with E-state index in [9.17, 15) is 5.11 Å². The first-order valence-electron chi connectivity index (χ1n) is 6.56. The van der Waals surface area contributed by atoms with Crippen LogP contribution in [0.1, 0.15) is 22.7 Å². The number of hydrogen-bond donors (Lipinski definition) is 2. The van der Waals surface area contributed by atoms with Crippen molar-refractivity contribution in [2.75, 3.05) is 0 Å². The van der Waals surface area contributed by atoms with Crippen molar-refractivity contribution >= 4 is 10.9 Å². The molecule has 1 aromatic heterocycles. The monoisotopic (exact) mass is 264 g/mol. The number of aromatic nitrogens is 1. The molecule has 3 N–H and O–H groups in total. The van der Waals surface area contributed by atoms with E-state index in [0.29, 0.717) is 11.1 Å². The third-order valence-electron chi connectivity index (χ3n) is 3.64. The lowest BCUT2D eigenvalue weighted by molar-refractivity contribution is 0.470. The summed E-state index contributed by atoms with van der Waals surface area (Å²) in [4.78, 5) is 4.23. The van der Waals surface area contributed by atoms with E-state index >= 15 is 0 Å². The van der Waals surface area contributed by atoms with Gasteiger partial charge in [0.15, 0.2) is 0 Å². The number of aryl methyl sites for hydroxylation is 1. The standard InChI is InChI=1S/C17H16N2O/c1-11-5-2-3-7-13(11)15(18)14-9-8-12-6-4-10-19-16(12)17(14)20/h2-10,15,20H,18H2,1H3. The number of hydrogen-bond acceptors (Lipinski definition) is 3. The van der Waals surface area contributed by atoms with E-state index in [2.05, 4.69) is 4.98 Å². The van der Waals surface area contributed by atoms with Crippen molar-refractivity contribution in [1.82, 2.24) is 4.98 Å². The summed E-state index contributed by atoms with van der Waals surface area (Å²) in [5.74, 6) is 0.166. The quantitative estimate of drug-likeness (QED) is 0.746. The fourth-order valence-corrected chi connectivity index (χ4v) is 2.50. The molecule has 1 unspecified atom stereocenters. The van der Waals surface area contributed by atoms with E-state index in [1.54, 1.807) is 6.20 Å². The van der Waals surface area contributed by atoms with E-state index < -0.39 is 0 Å². The molecule has 0 fully saturated rings. The molecule has 0 aliphatic heterocycles. The number of rotatable bonds is 2. The molecule has 0 spiro atoms. The molecule has 3 aromatic rings. The molecule has 0 radical (unpaired) electrons. The summed E-state index contributed by atoms with van der Waals surface area (Å²) in [6.07, 6.45) is 1.67. The Balaban J connectivity index is 2.15. The van der Waals surface area contributed by atoms with Gasteiger partial charge in [0.05, 0.1) is 6.04 Å². The third-order valence-corrected chi connectivity index (χ3v) is 3.64. The largest absolute Gasteiger partial charge is 0.505 e. The first-order valence-corrected chi connectivity index (χ1v) is 6.56. The number of nitrogens with zero attached hydrogens (tertiary/aromatic N) is 1. The predicted octanol–water partition coefficient (Wildman–Crippen LogP) is 3.30. The molecule has 1 heterocycles. The number of benzene rings is 2. The first kappa shape index (κ1) is 12.6. The van der Waals surface area contributed by atoms with Crippen molar-refractivity contribution in [2.45, 2.75) is 13.0 Å². The van der Waals surface area contributed by atoms with E-state index in [1.807, 2.05) is 55.5 Å². The van der Waals surface area contributed by atoms with Gasteiger partial charge in [-0.3, -0.25) is 4.98 Å². The summed E-state index contributed by atoms with van der Waals surface area (Å²) in [7, 11) is 0. The van der Waals surface area contributed by atoms with Crippen LogP contribution < -0.4 is 5.73 Å². The van der Waals surface area contributed by atoms with Gasteiger partial charge < -0.3 is 10.8 Å². The average Bonchev–Trinajstić information content (AvgIpc) is 2.48. The molecule has 1 atom stereocenters. The maximum absolute atomic E-state index is 10.4. The Hall–Kier alpha value is -2.39. The topological polar surface area (TPSA) is 59.1 Å². The number of phenolic OH excluding ortho intramolecular Hbond substituents is 1. The number of phenols is 1. The Morgan fingerprint density at radius 3 is 2.60 bits per heavy atom. The summed E-state index contributed by atoms with van der Waals surface area (Å²) in [6.45, 7) is 2.02. The number of aromatic hydroxyl groups is 1. The maximum Gasteiger partial charge on any atom is 0.146 e. The molecule has 20 heavy (non-hydrogen) atoms. The molecule has 0 amide bonds. The van der Waals surface area contributed by atoms with Crippen molar-refractivity contribution < 1.29 is 5.11 Å². The molecule has 0 bridgehead atoms.